The summed E-state index contributed by atoms with van der Waals surface area (Å²) in [6.45, 7) is 0. The zero-order chi connectivity index (χ0) is 19.6. The highest BCUT2D eigenvalue weighted by atomic mass is 32.2. The van der Waals surface area contributed by atoms with Gasteiger partial charge in [-0.15, -0.1) is 5.10 Å². The third-order valence-electron chi connectivity index (χ3n) is 3.75. The average molecular weight is 391 g/mol. The first-order valence-corrected chi connectivity index (χ1v) is 9.67. The predicted molar refractivity (Wildman–Crippen MR) is 116 cm³/mol. The highest BCUT2D eigenvalue weighted by molar-refractivity contribution is 8.13. The van der Waals surface area contributed by atoms with Crippen LogP contribution in [-0.2, 0) is 5.75 Å². The summed E-state index contributed by atoms with van der Waals surface area (Å²) in [5, 5.41) is 8.53. The Hall–Kier alpha value is -3.25. The molecule has 0 aliphatic heterocycles. The number of hydrogen-bond acceptors (Lipinski definition) is 5. The second-order valence-electron chi connectivity index (χ2n) is 5.81. The number of amidine groups is 1. The summed E-state index contributed by atoms with van der Waals surface area (Å²) in [6.07, 6.45) is 1.65. The van der Waals surface area contributed by atoms with E-state index in [9.17, 15) is 0 Å². The van der Waals surface area contributed by atoms with E-state index in [0.717, 1.165) is 22.8 Å². The van der Waals surface area contributed by atoms with Crippen LogP contribution in [0.15, 0.2) is 89.1 Å². The Morgan fingerprint density at radius 1 is 0.929 bits per heavy atom. The van der Waals surface area contributed by atoms with E-state index in [-0.39, 0.29) is 0 Å². The number of ether oxygens (including phenoxy) is 2. The van der Waals surface area contributed by atoms with Crippen LogP contribution in [0.1, 0.15) is 11.1 Å². The van der Waals surface area contributed by atoms with Gasteiger partial charge in [0.15, 0.2) is 5.17 Å². The lowest BCUT2D eigenvalue weighted by atomic mass is 10.2. The van der Waals surface area contributed by atoms with Crippen LogP contribution in [0.5, 0.6) is 17.2 Å². The van der Waals surface area contributed by atoms with E-state index in [1.165, 1.54) is 17.3 Å². The van der Waals surface area contributed by atoms with Crippen LogP contribution < -0.4 is 15.2 Å². The van der Waals surface area contributed by atoms with Crippen molar-refractivity contribution in [3.05, 3.63) is 90.0 Å². The van der Waals surface area contributed by atoms with Gasteiger partial charge in [0.25, 0.3) is 0 Å². The molecule has 0 amide bonds. The van der Waals surface area contributed by atoms with E-state index >= 15 is 0 Å². The van der Waals surface area contributed by atoms with Gasteiger partial charge in [-0.3, -0.25) is 0 Å². The first kappa shape index (κ1) is 19.5. The highest BCUT2D eigenvalue weighted by Gasteiger charge is 2.00. The molecule has 0 aliphatic carbocycles. The third kappa shape index (κ3) is 6.17. The van der Waals surface area contributed by atoms with Gasteiger partial charge >= 0.3 is 0 Å². The summed E-state index contributed by atoms with van der Waals surface area (Å²) in [5.41, 5.74) is 7.97. The van der Waals surface area contributed by atoms with Gasteiger partial charge in [0.2, 0.25) is 0 Å². The summed E-state index contributed by atoms with van der Waals surface area (Å²) in [6, 6.07) is 25.1. The molecule has 0 radical (unpaired) electrons. The van der Waals surface area contributed by atoms with Crippen molar-refractivity contribution in [1.82, 2.24) is 0 Å². The fourth-order valence-electron chi connectivity index (χ4n) is 2.35. The van der Waals surface area contributed by atoms with Crippen molar-refractivity contribution in [2.75, 3.05) is 7.11 Å². The fourth-order valence-corrected chi connectivity index (χ4v) is 2.96. The number of nitrogens with two attached hydrogens (primary N) is 1. The maximum absolute atomic E-state index is 5.91. The molecule has 0 aromatic heterocycles. The molecule has 0 heterocycles. The zero-order valence-electron chi connectivity index (χ0n) is 15.5. The molecule has 3 rings (SSSR count). The summed E-state index contributed by atoms with van der Waals surface area (Å²) in [4.78, 5) is 0. The van der Waals surface area contributed by atoms with Gasteiger partial charge < -0.3 is 15.2 Å². The zero-order valence-corrected chi connectivity index (χ0v) is 16.3. The molecule has 0 bridgehead atoms. The minimum Gasteiger partial charge on any atom is -0.497 e. The molecule has 3 aromatic rings. The highest BCUT2D eigenvalue weighted by Crippen LogP contribution is 2.24. The number of nitrogens with zero attached hydrogens (tertiary/aromatic N) is 2. The minimum absolute atomic E-state index is 0.422. The van der Waals surface area contributed by atoms with Crippen LogP contribution >= 0.6 is 11.8 Å². The van der Waals surface area contributed by atoms with Crippen LogP contribution in [-0.4, -0.2) is 18.5 Å². The van der Waals surface area contributed by atoms with Crippen molar-refractivity contribution in [3.8, 4) is 17.2 Å². The number of benzene rings is 3. The lowest BCUT2D eigenvalue weighted by Gasteiger charge is -2.07. The molecular weight excluding hydrogens is 370 g/mol. The van der Waals surface area contributed by atoms with Crippen molar-refractivity contribution in [2.45, 2.75) is 5.75 Å². The molecule has 0 saturated heterocycles. The van der Waals surface area contributed by atoms with Gasteiger partial charge in [-0.25, -0.2) is 0 Å². The largest absolute Gasteiger partial charge is 0.497 e. The Morgan fingerprint density at radius 2 is 1.68 bits per heavy atom. The molecule has 0 aliphatic rings. The summed E-state index contributed by atoms with van der Waals surface area (Å²) < 4.78 is 11.0. The Morgan fingerprint density at radius 3 is 2.43 bits per heavy atom. The van der Waals surface area contributed by atoms with E-state index in [0.29, 0.717) is 10.9 Å². The lowest BCUT2D eigenvalue weighted by Crippen LogP contribution is -2.05. The maximum atomic E-state index is 5.91. The van der Waals surface area contributed by atoms with Crippen LogP contribution in [0.3, 0.4) is 0 Å². The quantitative estimate of drug-likeness (QED) is 0.347. The van der Waals surface area contributed by atoms with Gasteiger partial charge in [-0.05, 0) is 47.5 Å². The number of thioether (sulfide) groups is 1. The maximum Gasteiger partial charge on any atom is 0.180 e. The minimum atomic E-state index is 0.422. The molecular formula is C22H21N3O2S. The first-order valence-electron chi connectivity index (χ1n) is 8.68. The topological polar surface area (TPSA) is 69.2 Å². The van der Waals surface area contributed by atoms with E-state index < -0.39 is 0 Å². The summed E-state index contributed by atoms with van der Waals surface area (Å²) >= 11 is 1.45. The molecule has 0 atom stereocenters. The lowest BCUT2D eigenvalue weighted by molar-refractivity contribution is 0.413. The van der Waals surface area contributed by atoms with Crippen LogP contribution in [0.4, 0.5) is 0 Å². The SMILES string of the molecule is COc1ccc(Oc2cccc(C=NN=C(N)SCc3ccccc3)c2)cc1. The van der Waals surface area contributed by atoms with Crippen LogP contribution in [0.25, 0.3) is 0 Å². The van der Waals surface area contributed by atoms with Crippen molar-refractivity contribution in [3.63, 3.8) is 0 Å². The standard InChI is InChI=1S/C22H21N3O2S/c1-26-19-10-12-20(13-11-19)27-21-9-5-8-18(14-21)15-24-25-22(23)28-16-17-6-3-2-4-7-17/h2-15H,16H2,1H3,(H2,23,25). The van der Waals surface area contributed by atoms with Gasteiger partial charge in [0, 0.05) is 5.75 Å². The van der Waals surface area contributed by atoms with Crippen molar-refractivity contribution >= 4 is 23.1 Å². The molecule has 0 unspecified atom stereocenters. The number of hydrogen-bond donors (Lipinski definition) is 1. The first-order chi connectivity index (χ1) is 13.7. The van der Waals surface area contributed by atoms with E-state index in [4.69, 9.17) is 15.2 Å². The van der Waals surface area contributed by atoms with Gasteiger partial charge in [-0.1, -0.05) is 54.2 Å². The van der Waals surface area contributed by atoms with E-state index in [1.807, 2.05) is 66.7 Å². The Balaban J connectivity index is 1.56. The van der Waals surface area contributed by atoms with Crippen molar-refractivity contribution in [1.29, 1.82) is 0 Å². The Bertz CT molecular complexity index is 942. The molecule has 0 spiro atoms. The summed E-state index contributed by atoms with van der Waals surface area (Å²) in [7, 11) is 1.63. The molecule has 5 nitrogen and oxygen atoms in total. The molecule has 3 aromatic carbocycles. The van der Waals surface area contributed by atoms with Crippen LogP contribution in [0, 0.1) is 0 Å². The second-order valence-corrected chi connectivity index (χ2v) is 6.80. The van der Waals surface area contributed by atoms with E-state index in [2.05, 4.69) is 22.3 Å². The molecule has 2 N–H and O–H groups in total. The second kappa shape index (κ2) is 10.2. The van der Waals surface area contributed by atoms with Crippen LogP contribution in [0.2, 0.25) is 0 Å². The monoisotopic (exact) mass is 391 g/mol. The predicted octanol–water partition coefficient (Wildman–Crippen LogP) is 5.07. The normalized spacial score (nSPS) is 11.5. The van der Waals surface area contributed by atoms with Gasteiger partial charge in [0.1, 0.15) is 17.2 Å². The molecule has 0 fully saturated rings. The summed E-state index contributed by atoms with van der Waals surface area (Å²) in [5.74, 6) is 2.99. The molecule has 142 valence electrons. The van der Waals surface area contributed by atoms with Gasteiger partial charge in [-0.2, -0.15) is 5.10 Å². The molecule has 28 heavy (non-hydrogen) atoms. The van der Waals surface area contributed by atoms with Crippen molar-refractivity contribution < 1.29 is 9.47 Å². The Kier molecular flexibility index (Phi) is 7.09. The average Bonchev–Trinajstić information content (AvgIpc) is 2.74. The molecule has 6 heteroatoms. The van der Waals surface area contributed by atoms with Gasteiger partial charge in [0.05, 0.1) is 13.3 Å². The van der Waals surface area contributed by atoms with Crippen molar-refractivity contribution in [2.24, 2.45) is 15.9 Å². The smallest absolute Gasteiger partial charge is 0.180 e. The third-order valence-corrected chi connectivity index (χ3v) is 4.60. The van der Waals surface area contributed by atoms with E-state index in [1.54, 1.807) is 13.3 Å². The number of rotatable bonds is 7. The molecule has 0 saturated carbocycles. The fraction of sp³-hybridized carbons (Fsp3) is 0.0909. The number of methoxy groups -OCH3 is 1. The Labute approximate surface area is 168 Å².